The highest BCUT2D eigenvalue weighted by Crippen LogP contribution is 2.15. The Balaban J connectivity index is 2.60. The van der Waals surface area contributed by atoms with E-state index in [1.165, 1.54) is 0 Å². The van der Waals surface area contributed by atoms with Crippen molar-refractivity contribution in [3.8, 4) is 0 Å². The summed E-state index contributed by atoms with van der Waals surface area (Å²) < 4.78 is 0. The van der Waals surface area contributed by atoms with E-state index in [4.69, 9.17) is 11.5 Å². The summed E-state index contributed by atoms with van der Waals surface area (Å²) >= 11 is 0. The smallest absolute Gasteiger partial charge is 0.251 e. The largest absolute Gasteiger partial charge is 0.399 e. The lowest BCUT2D eigenvalue weighted by Crippen LogP contribution is -2.36. The lowest BCUT2D eigenvalue weighted by molar-refractivity contribution is 0.0817. The molecule has 0 aliphatic carbocycles. The minimum atomic E-state index is -0.530. The quantitative estimate of drug-likeness (QED) is 0.584. The van der Waals surface area contributed by atoms with Gasteiger partial charge in [-0.1, -0.05) is 26.7 Å². The summed E-state index contributed by atoms with van der Waals surface area (Å²) in [5.41, 5.74) is 12.6. The van der Waals surface area contributed by atoms with Crippen molar-refractivity contribution in [2.75, 3.05) is 18.0 Å². The van der Waals surface area contributed by atoms with Gasteiger partial charge in [0.15, 0.2) is 0 Å². The Morgan fingerprint density at radius 2 is 1.74 bits per heavy atom. The van der Waals surface area contributed by atoms with Crippen molar-refractivity contribution in [2.24, 2.45) is 5.92 Å². The third-order valence-electron chi connectivity index (χ3n) is 3.30. The predicted molar refractivity (Wildman–Crippen MR) is 77.7 cm³/mol. The first kappa shape index (κ1) is 15.3. The predicted octanol–water partition coefficient (Wildman–Crippen LogP) is 1.38. The second kappa shape index (κ2) is 6.99. The van der Waals surface area contributed by atoms with Crippen LogP contribution in [-0.4, -0.2) is 23.7 Å². The first-order chi connectivity index (χ1) is 8.97. The van der Waals surface area contributed by atoms with Gasteiger partial charge in [-0.05, 0) is 24.1 Å². The number of nitrogen functional groups attached to an aromatic ring is 2. The highest BCUT2D eigenvalue weighted by atomic mass is 16.3. The molecular weight excluding hydrogens is 242 g/mol. The molecule has 1 amide bonds. The Hall–Kier alpha value is -1.75. The zero-order chi connectivity index (χ0) is 14.4. The summed E-state index contributed by atoms with van der Waals surface area (Å²) in [7, 11) is 0. The number of amides is 1. The molecule has 1 unspecified atom stereocenters. The topological polar surface area (TPSA) is 101 Å². The van der Waals surface area contributed by atoms with Gasteiger partial charge in [-0.15, -0.1) is 0 Å². The number of hydrogen-bond acceptors (Lipinski definition) is 4. The van der Waals surface area contributed by atoms with Gasteiger partial charge < -0.3 is 21.9 Å². The SMILES string of the molecule is CCC(CC)C(O)CNC(=O)c1cc(N)cc(N)c1. The van der Waals surface area contributed by atoms with Crippen LogP contribution >= 0.6 is 0 Å². The number of nitrogens with two attached hydrogens (primary N) is 2. The Labute approximate surface area is 114 Å². The molecule has 1 aromatic rings. The number of carbonyl (C=O) groups excluding carboxylic acids is 1. The zero-order valence-corrected chi connectivity index (χ0v) is 11.5. The number of aliphatic hydroxyl groups excluding tert-OH is 1. The van der Waals surface area contributed by atoms with Crippen molar-refractivity contribution in [1.29, 1.82) is 0 Å². The minimum absolute atomic E-state index is 0.200. The number of hydrogen-bond donors (Lipinski definition) is 4. The van der Waals surface area contributed by atoms with E-state index in [2.05, 4.69) is 5.32 Å². The van der Waals surface area contributed by atoms with Crippen molar-refractivity contribution >= 4 is 17.3 Å². The Morgan fingerprint density at radius 1 is 1.21 bits per heavy atom. The Kier molecular flexibility index (Phi) is 5.63. The lowest BCUT2D eigenvalue weighted by Gasteiger charge is -2.20. The van der Waals surface area contributed by atoms with Crippen molar-refractivity contribution in [1.82, 2.24) is 5.32 Å². The van der Waals surface area contributed by atoms with Crippen LogP contribution in [0.4, 0.5) is 11.4 Å². The maximum atomic E-state index is 11.9. The van der Waals surface area contributed by atoms with Crippen molar-refractivity contribution < 1.29 is 9.90 Å². The molecule has 1 atom stereocenters. The van der Waals surface area contributed by atoms with E-state index >= 15 is 0 Å². The van der Waals surface area contributed by atoms with Crippen LogP contribution in [0.5, 0.6) is 0 Å². The van der Waals surface area contributed by atoms with Gasteiger partial charge in [0.2, 0.25) is 0 Å². The molecule has 0 aliphatic heterocycles. The lowest BCUT2D eigenvalue weighted by atomic mass is 9.96. The number of carbonyl (C=O) groups is 1. The number of nitrogens with one attached hydrogen (secondary N) is 1. The maximum absolute atomic E-state index is 11.9. The Morgan fingerprint density at radius 3 is 2.21 bits per heavy atom. The van der Waals surface area contributed by atoms with Gasteiger partial charge in [0, 0.05) is 23.5 Å². The maximum Gasteiger partial charge on any atom is 0.251 e. The standard InChI is InChI=1S/C14H23N3O2/c1-3-9(4-2)13(18)8-17-14(19)10-5-11(15)7-12(16)6-10/h5-7,9,13,18H,3-4,8,15-16H2,1-2H3,(H,17,19). The fourth-order valence-electron chi connectivity index (χ4n) is 2.11. The molecule has 0 aliphatic rings. The molecule has 1 aromatic carbocycles. The molecule has 6 N–H and O–H groups in total. The van der Waals surface area contributed by atoms with E-state index in [1.54, 1.807) is 18.2 Å². The summed E-state index contributed by atoms with van der Waals surface area (Å²) in [6, 6.07) is 4.72. The van der Waals surface area contributed by atoms with Crippen LogP contribution < -0.4 is 16.8 Å². The molecule has 5 heteroatoms. The highest BCUT2D eigenvalue weighted by molar-refractivity contribution is 5.96. The molecule has 0 heterocycles. The van der Waals surface area contributed by atoms with Gasteiger partial charge in [-0.25, -0.2) is 0 Å². The van der Waals surface area contributed by atoms with Crippen LogP contribution in [0.3, 0.4) is 0 Å². The normalized spacial score (nSPS) is 12.4. The third-order valence-corrected chi connectivity index (χ3v) is 3.30. The molecule has 0 aromatic heterocycles. The molecule has 0 saturated heterocycles. The van der Waals surface area contributed by atoms with Gasteiger partial charge >= 0.3 is 0 Å². The van der Waals surface area contributed by atoms with E-state index in [9.17, 15) is 9.90 Å². The molecular formula is C14H23N3O2. The van der Waals surface area contributed by atoms with Gasteiger partial charge in [0.1, 0.15) is 0 Å². The van der Waals surface area contributed by atoms with Crippen LogP contribution in [0.1, 0.15) is 37.0 Å². The number of benzene rings is 1. The molecule has 106 valence electrons. The summed E-state index contributed by atoms with van der Waals surface area (Å²) in [5, 5.41) is 12.7. The van der Waals surface area contributed by atoms with E-state index in [-0.39, 0.29) is 18.4 Å². The third kappa shape index (κ3) is 4.44. The molecule has 5 nitrogen and oxygen atoms in total. The van der Waals surface area contributed by atoms with Gasteiger partial charge in [0.25, 0.3) is 5.91 Å². The van der Waals surface area contributed by atoms with Gasteiger partial charge in [-0.2, -0.15) is 0 Å². The molecule has 0 spiro atoms. The average Bonchev–Trinajstić information content (AvgIpc) is 2.36. The van der Waals surface area contributed by atoms with E-state index < -0.39 is 6.10 Å². The van der Waals surface area contributed by atoms with E-state index in [1.807, 2.05) is 13.8 Å². The number of anilines is 2. The van der Waals surface area contributed by atoms with Crippen LogP contribution in [0.25, 0.3) is 0 Å². The molecule has 19 heavy (non-hydrogen) atoms. The van der Waals surface area contributed by atoms with Crippen LogP contribution in [0, 0.1) is 5.92 Å². The van der Waals surface area contributed by atoms with E-state index in [0.29, 0.717) is 16.9 Å². The number of aliphatic hydroxyl groups is 1. The summed E-state index contributed by atoms with van der Waals surface area (Å²) in [6.07, 6.45) is 1.25. The van der Waals surface area contributed by atoms with Gasteiger partial charge in [0.05, 0.1) is 6.10 Å². The number of rotatable bonds is 6. The van der Waals surface area contributed by atoms with Crippen molar-refractivity contribution in [3.05, 3.63) is 23.8 Å². The minimum Gasteiger partial charge on any atom is -0.399 e. The summed E-state index contributed by atoms with van der Waals surface area (Å²) in [6.45, 7) is 4.29. The van der Waals surface area contributed by atoms with Crippen molar-refractivity contribution in [2.45, 2.75) is 32.8 Å². The monoisotopic (exact) mass is 265 g/mol. The van der Waals surface area contributed by atoms with Crippen molar-refractivity contribution in [3.63, 3.8) is 0 Å². The first-order valence-corrected chi connectivity index (χ1v) is 6.60. The fourth-order valence-corrected chi connectivity index (χ4v) is 2.11. The van der Waals surface area contributed by atoms with Gasteiger partial charge in [-0.3, -0.25) is 4.79 Å². The average molecular weight is 265 g/mol. The zero-order valence-electron chi connectivity index (χ0n) is 11.5. The second-order valence-electron chi connectivity index (χ2n) is 4.74. The molecule has 0 bridgehead atoms. The second-order valence-corrected chi connectivity index (χ2v) is 4.74. The fraction of sp³-hybridized carbons (Fsp3) is 0.500. The molecule has 0 saturated carbocycles. The molecule has 0 radical (unpaired) electrons. The Bertz CT molecular complexity index is 410. The van der Waals surface area contributed by atoms with E-state index in [0.717, 1.165) is 12.8 Å². The summed E-state index contributed by atoms with van der Waals surface area (Å²) in [4.78, 5) is 11.9. The molecule has 0 fully saturated rings. The van der Waals surface area contributed by atoms with Crippen LogP contribution in [0.15, 0.2) is 18.2 Å². The van der Waals surface area contributed by atoms with Crippen LogP contribution in [-0.2, 0) is 0 Å². The first-order valence-electron chi connectivity index (χ1n) is 6.60. The highest BCUT2D eigenvalue weighted by Gasteiger charge is 2.16. The van der Waals surface area contributed by atoms with Crippen LogP contribution in [0.2, 0.25) is 0 Å². The molecule has 1 rings (SSSR count). The summed E-state index contributed by atoms with van der Waals surface area (Å²) in [5.74, 6) is -0.0739.